The molecular weight excluding hydrogens is 262 g/mol. The molecule has 0 radical (unpaired) electrons. The second-order valence-corrected chi connectivity index (χ2v) is 6.45. The quantitative estimate of drug-likeness (QED) is 0.823. The number of anilines is 2. The molecule has 1 aromatic rings. The second kappa shape index (κ2) is 6.20. The molecule has 3 nitrogen and oxygen atoms in total. The molecule has 0 aromatic heterocycles. The van der Waals surface area contributed by atoms with E-state index in [1.165, 1.54) is 6.07 Å². The van der Waals surface area contributed by atoms with Crippen molar-refractivity contribution in [1.29, 1.82) is 0 Å². The van der Waals surface area contributed by atoms with Crippen molar-refractivity contribution in [3.8, 4) is 0 Å². The number of nitrogens with one attached hydrogen (secondary N) is 1. The van der Waals surface area contributed by atoms with Gasteiger partial charge in [0.2, 0.25) is 5.91 Å². The van der Waals surface area contributed by atoms with Gasteiger partial charge in [0.1, 0.15) is 5.69 Å². The van der Waals surface area contributed by atoms with E-state index in [2.05, 4.69) is 26.1 Å². The molecule has 0 heterocycles. The molecule has 0 spiro atoms. The van der Waals surface area contributed by atoms with Gasteiger partial charge in [-0.1, -0.05) is 27.7 Å². The summed E-state index contributed by atoms with van der Waals surface area (Å²) >= 11 is 0. The molecule has 0 aliphatic carbocycles. The summed E-state index contributed by atoms with van der Waals surface area (Å²) in [5, 5.41) is 2.36. The van der Waals surface area contributed by atoms with Crippen LogP contribution in [0.25, 0.3) is 0 Å². The SMILES string of the molecule is CC(CC(=O)Nc1c(N)ccc(F)c1F)CC(C)(C)C. The molecule has 1 unspecified atom stereocenters. The monoisotopic (exact) mass is 284 g/mol. The normalized spacial score (nSPS) is 13.1. The van der Waals surface area contributed by atoms with Crippen LogP contribution in [0.2, 0.25) is 0 Å². The fourth-order valence-electron chi connectivity index (χ4n) is 2.32. The first-order valence-corrected chi connectivity index (χ1v) is 6.63. The molecule has 0 aliphatic rings. The standard InChI is InChI=1S/C15H22F2N2O/c1-9(8-15(2,3)4)7-12(20)19-14-11(18)6-5-10(16)13(14)17/h5-6,9H,7-8,18H2,1-4H3,(H,19,20). The molecule has 1 aromatic carbocycles. The third kappa shape index (κ3) is 4.79. The van der Waals surface area contributed by atoms with Crippen LogP contribution in [0, 0.1) is 23.0 Å². The summed E-state index contributed by atoms with van der Waals surface area (Å²) in [5.74, 6) is -2.37. The number of hydrogen-bond acceptors (Lipinski definition) is 2. The van der Waals surface area contributed by atoms with Gasteiger partial charge in [-0.3, -0.25) is 4.79 Å². The lowest BCUT2D eigenvalue weighted by atomic mass is 9.84. The zero-order chi connectivity index (χ0) is 15.5. The van der Waals surface area contributed by atoms with E-state index in [4.69, 9.17) is 5.73 Å². The third-order valence-corrected chi connectivity index (χ3v) is 2.89. The molecule has 5 heteroatoms. The van der Waals surface area contributed by atoms with Gasteiger partial charge in [-0.2, -0.15) is 0 Å². The van der Waals surface area contributed by atoms with Gasteiger partial charge in [-0.25, -0.2) is 8.78 Å². The van der Waals surface area contributed by atoms with E-state index >= 15 is 0 Å². The fraction of sp³-hybridized carbons (Fsp3) is 0.533. The molecule has 3 N–H and O–H groups in total. The van der Waals surface area contributed by atoms with Crippen LogP contribution in [0.3, 0.4) is 0 Å². The van der Waals surface area contributed by atoms with Gasteiger partial charge in [0, 0.05) is 6.42 Å². The number of nitrogens with two attached hydrogens (primary N) is 1. The molecule has 1 atom stereocenters. The number of carbonyl (C=O) groups is 1. The maximum atomic E-state index is 13.6. The van der Waals surface area contributed by atoms with Crippen molar-refractivity contribution in [1.82, 2.24) is 0 Å². The molecule has 1 amide bonds. The summed E-state index contributed by atoms with van der Waals surface area (Å²) in [6.07, 6.45) is 1.11. The molecule has 0 bridgehead atoms. The third-order valence-electron chi connectivity index (χ3n) is 2.89. The Bertz CT molecular complexity index is 495. The Morgan fingerprint density at radius 1 is 1.35 bits per heavy atom. The average molecular weight is 284 g/mol. The van der Waals surface area contributed by atoms with Gasteiger partial charge < -0.3 is 11.1 Å². The van der Waals surface area contributed by atoms with Crippen LogP contribution in [0.5, 0.6) is 0 Å². The van der Waals surface area contributed by atoms with Crippen molar-refractivity contribution in [2.75, 3.05) is 11.1 Å². The van der Waals surface area contributed by atoms with Gasteiger partial charge in [0.05, 0.1) is 5.69 Å². The first-order chi connectivity index (χ1) is 9.10. The number of hydrogen-bond donors (Lipinski definition) is 2. The van der Waals surface area contributed by atoms with Crippen LogP contribution in [0.4, 0.5) is 20.2 Å². The van der Waals surface area contributed by atoms with E-state index in [1.807, 2.05) is 6.92 Å². The summed E-state index contributed by atoms with van der Waals surface area (Å²) in [6, 6.07) is 2.16. The van der Waals surface area contributed by atoms with Crippen LogP contribution in [0.1, 0.15) is 40.5 Å². The molecule has 0 aliphatic heterocycles. The van der Waals surface area contributed by atoms with Gasteiger partial charge >= 0.3 is 0 Å². The minimum absolute atomic E-state index is 0.0146. The van der Waals surface area contributed by atoms with Crippen LogP contribution in [-0.2, 0) is 4.79 Å². The van der Waals surface area contributed by atoms with E-state index in [-0.39, 0.29) is 35.0 Å². The van der Waals surface area contributed by atoms with Gasteiger partial charge in [-0.15, -0.1) is 0 Å². The first kappa shape index (κ1) is 16.4. The van der Waals surface area contributed by atoms with Crippen LogP contribution in [0.15, 0.2) is 12.1 Å². The zero-order valence-corrected chi connectivity index (χ0v) is 12.4. The van der Waals surface area contributed by atoms with E-state index in [0.717, 1.165) is 12.5 Å². The summed E-state index contributed by atoms with van der Waals surface area (Å²) in [5.41, 5.74) is 5.40. The Morgan fingerprint density at radius 3 is 2.50 bits per heavy atom. The first-order valence-electron chi connectivity index (χ1n) is 6.63. The predicted molar refractivity (Wildman–Crippen MR) is 77.3 cm³/mol. The summed E-state index contributed by atoms with van der Waals surface area (Å²) in [7, 11) is 0. The highest BCUT2D eigenvalue weighted by Gasteiger charge is 2.19. The van der Waals surface area contributed by atoms with Crippen LogP contribution < -0.4 is 11.1 Å². The van der Waals surface area contributed by atoms with Crippen LogP contribution >= 0.6 is 0 Å². The fourth-order valence-corrected chi connectivity index (χ4v) is 2.32. The molecule has 1 rings (SSSR count). The smallest absolute Gasteiger partial charge is 0.224 e. The number of amides is 1. The lowest BCUT2D eigenvalue weighted by Crippen LogP contribution is -2.20. The molecule has 0 fully saturated rings. The molecule has 112 valence electrons. The largest absolute Gasteiger partial charge is 0.397 e. The molecule has 20 heavy (non-hydrogen) atoms. The van der Waals surface area contributed by atoms with E-state index < -0.39 is 11.6 Å². The van der Waals surface area contributed by atoms with Crippen molar-refractivity contribution in [3.63, 3.8) is 0 Å². The lowest BCUT2D eigenvalue weighted by molar-refractivity contribution is -0.117. The van der Waals surface area contributed by atoms with Gasteiger partial charge in [0.15, 0.2) is 11.6 Å². The average Bonchev–Trinajstić information content (AvgIpc) is 2.27. The van der Waals surface area contributed by atoms with Crippen molar-refractivity contribution in [2.45, 2.75) is 40.5 Å². The van der Waals surface area contributed by atoms with Crippen molar-refractivity contribution < 1.29 is 13.6 Å². The summed E-state index contributed by atoms with van der Waals surface area (Å²) in [4.78, 5) is 11.9. The highest BCUT2D eigenvalue weighted by molar-refractivity contribution is 5.94. The molecule has 0 saturated carbocycles. The Hall–Kier alpha value is -1.65. The summed E-state index contributed by atoms with van der Waals surface area (Å²) < 4.78 is 26.7. The number of benzene rings is 1. The highest BCUT2D eigenvalue weighted by Crippen LogP contribution is 2.28. The number of nitrogen functional groups attached to an aromatic ring is 1. The maximum absolute atomic E-state index is 13.6. The highest BCUT2D eigenvalue weighted by atomic mass is 19.2. The lowest BCUT2D eigenvalue weighted by Gasteiger charge is -2.23. The molecule has 0 saturated heterocycles. The van der Waals surface area contributed by atoms with E-state index in [0.29, 0.717) is 0 Å². The maximum Gasteiger partial charge on any atom is 0.224 e. The molecular formula is C15H22F2N2O. The van der Waals surface area contributed by atoms with Gasteiger partial charge in [-0.05, 0) is 29.9 Å². The minimum Gasteiger partial charge on any atom is -0.397 e. The Kier molecular flexibility index (Phi) is 5.09. The number of halogens is 2. The number of carbonyl (C=O) groups excluding carboxylic acids is 1. The van der Waals surface area contributed by atoms with Crippen LogP contribution in [-0.4, -0.2) is 5.91 Å². The van der Waals surface area contributed by atoms with Crippen molar-refractivity contribution in [3.05, 3.63) is 23.8 Å². The second-order valence-electron chi connectivity index (χ2n) is 6.45. The number of rotatable bonds is 4. The van der Waals surface area contributed by atoms with Crippen molar-refractivity contribution >= 4 is 17.3 Å². The van der Waals surface area contributed by atoms with Gasteiger partial charge in [0.25, 0.3) is 0 Å². The summed E-state index contributed by atoms with van der Waals surface area (Å²) in [6.45, 7) is 8.22. The zero-order valence-electron chi connectivity index (χ0n) is 12.4. The topological polar surface area (TPSA) is 55.1 Å². The predicted octanol–water partition coefficient (Wildman–Crippen LogP) is 3.95. The van der Waals surface area contributed by atoms with E-state index in [9.17, 15) is 13.6 Å². The van der Waals surface area contributed by atoms with Crippen molar-refractivity contribution in [2.24, 2.45) is 11.3 Å². The minimum atomic E-state index is -1.12. The Labute approximate surface area is 118 Å². The Balaban J connectivity index is 2.70. The Morgan fingerprint density at radius 2 is 1.95 bits per heavy atom. The van der Waals surface area contributed by atoms with E-state index in [1.54, 1.807) is 0 Å².